The minimum Gasteiger partial charge on any atom is -0.258 e. The highest BCUT2D eigenvalue weighted by molar-refractivity contribution is 5.46. The van der Waals surface area contributed by atoms with E-state index in [4.69, 9.17) is 5.26 Å². The van der Waals surface area contributed by atoms with E-state index in [0.717, 1.165) is 12.8 Å². The van der Waals surface area contributed by atoms with Crippen molar-refractivity contribution in [3.63, 3.8) is 0 Å². The molecule has 0 aromatic heterocycles. The largest absolute Gasteiger partial charge is 0.273 e. The zero-order chi connectivity index (χ0) is 15.5. The number of nitro benzene ring substituents is 1. The maximum atomic E-state index is 11.0. The van der Waals surface area contributed by atoms with Crippen LogP contribution in [0.1, 0.15) is 69.4 Å². The fourth-order valence-electron chi connectivity index (χ4n) is 2.39. The van der Waals surface area contributed by atoms with Crippen molar-refractivity contribution in [3.8, 4) is 6.07 Å². The monoisotopic (exact) mass is 287 g/mol. The summed E-state index contributed by atoms with van der Waals surface area (Å²) in [5, 5.41) is 19.8. The molecule has 1 rings (SSSR count). The first-order valence-corrected chi connectivity index (χ1v) is 7.78. The molecule has 0 bridgehead atoms. The van der Waals surface area contributed by atoms with Gasteiger partial charge in [-0.15, -0.1) is 0 Å². The van der Waals surface area contributed by atoms with Crippen LogP contribution in [0.25, 0.3) is 0 Å². The Kier molecular flexibility index (Phi) is 8.11. The molecule has 1 aromatic rings. The van der Waals surface area contributed by atoms with Crippen LogP contribution in [0.2, 0.25) is 0 Å². The lowest BCUT2D eigenvalue weighted by Crippen LogP contribution is -1.97. The summed E-state index contributed by atoms with van der Waals surface area (Å²) in [6.07, 6.45) is 10.4. The Balaban J connectivity index is 2.35. The Hall–Kier alpha value is -1.89. The second kappa shape index (κ2) is 9.93. The van der Waals surface area contributed by atoms with Gasteiger partial charge in [-0.3, -0.25) is 10.1 Å². The molecule has 0 atom stereocenters. The fraction of sp³-hybridized carbons (Fsp3) is 0.588. The lowest BCUT2D eigenvalue weighted by molar-refractivity contribution is -0.385. The van der Waals surface area contributed by atoms with Gasteiger partial charge in [-0.25, -0.2) is 0 Å². The molecule has 0 fully saturated rings. The Morgan fingerprint density at radius 2 is 1.81 bits per heavy atom. The predicted octanol–water partition coefficient (Wildman–Crippen LogP) is 4.95. The van der Waals surface area contributed by atoms with E-state index in [-0.39, 0.29) is 11.3 Å². The van der Waals surface area contributed by atoms with Crippen molar-refractivity contribution in [1.82, 2.24) is 0 Å². The summed E-state index contributed by atoms with van der Waals surface area (Å²) in [7, 11) is 0. The van der Waals surface area contributed by atoms with Crippen molar-refractivity contribution in [2.45, 2.75) is 64.7 Å². The zero-order valence-electron chi connectivity index (χ0n) is 12.7. The number of hydrogen-bond acceptors (Lipinski definition) is 3. The van der Waals surface area contributed by atoms with Gasteiger partial charge in [0.15, 0.2) is 0 Å². The van der Waals surface area contributed by atoms with Crippen molar-refractivity contribution in [1.29, 1.82) is 5.26 Å². The minimum absolute atomic E-state index is 0.0493. The highest BCUT2D eigenvalue weighted by Gasteiger charge is 2.14. The third-order valence-corrected chi connectivity index (χ3v) is 3.63. The Labute approximate surface area is 126 Å². The SMILES string of the molecule is CCCCCCCCCCc1c[c]c(C#N)cc1[N+](=O)[O-]. The molecule has 0 amide bonds. The zero-order valence-corrected chi connectivity index (χ0v) is 12.7. The third kappa shape index (κ3) is 6.40. The van der Waals surface area contributed by atoms with Crippen LogP contribution in [0.4, 0.5) is 5.69 Å². The quantitative estimate of drug-likeness (QED) is 0.347. The maximum absolute atomic E-state index is 11.0. The molecule has 0 aliphatic heterocycles. The summed E-state index contributed by atoms with van der Waals surface area (Å²) in [6.45, 7) is 2.21. The van der Waals surface area contributed by atoms with E-state index < -0.39 is 4.92 Å². The summed E-state index contributed by atoms with van der Waals surface area (Å²) in [5.41, 5.74) is 0.958. The number of benzene rings is 1. The molecule has 0 aliphatic carbocycles. The minimum atomic E-state index is -0.408. The lowest BCUT2D eigenvalue weighted by atomic mass is 10.0. The summed E-state index contributed by atoms with van der Waals surface area (Å²) >= 11 is 0. The summed E-state index contributed by atoms with van der Waals surface area (Å²) in [6, 6.07) is 7.60. The number of nitriles is 1. The second-order valence-electron chi connectivity index (χ2n) is 5.35. The number of unbranched alkanes of at least 4 members (excludes halogenated alkanes) is 7. The smallest absolute Gasteiger partial charge is 0.258 e. The van der Waals surface area contributed by atoms with Crippen LogP contribution in [0.3, 0.4) is 0 Å². The molecule has 0 spiro atoms. The van der Waals surface area contributed by atoms with Gasteiger partial charge in [-0.05, 0) is 18.9 Å². The van der Waals surface area contributed by atoms with Gasteiger partial charge in [0, 0.05) is 17.7 Å². The molecule has 113 valence electrons. The Bertz CT molecular complexity index is 492. The number of aryl methyl sites for hydroxylation is 1. The van der Waals surface area contributed by atoms with Crippen molar-refractivity contribution < 1.29 is 4.92 Å². The molecule has 0 N–H and O–H groups in total. The van der Waals surface area contributed by atoms with Crippen molar-refractivity contribution >= 4 is 5.69 Å². The van der Waals surface area contributed by atoms with Crippen LogP contribution in [0.15, 0.2) is 12.1 Å². The fourth-order valence-corrected chi connectivity index (χ4v) is 2.39. The van der Waals surface area contributed by atoms with E-state index in [0.29, 0.717) is 12.0 Å². The van der Waals surface area contributed by atoms with E-state index >= 15 is 0 Å². The molecule has 21 heavy (non-hydrogen) atoms. The van der Waals surface area contributed by atoms with Gasteiger partial charge in [-0.2, -0.15) is 5.26 Å². The Morgan fingerprint density at radius 1 is 1.19 bits per heavy atom. The molecular formula is C17H23N2O2. The average molecular weight is 287 g/mol. The van der Waals surface area contributed by atoms with Gasteiger partial charge < -0.3 is 0 Å². The molecular weight excluding hydrogens is 264 g/mol. The van der Waals surface area contributed by atoms with E-state index in [2.05, 4.69) is 13.0 Å². The van der Waals surface area contributed by atoms with E-state index in [9.17, 15) is 10.1 Å². The molecule has 0 aliphatic rings. The van der Waals surface area contributed by atoms with Gasteiger partial charge in [-0.1, -0.05) is 51.9 Å². The van der Waals surface area contributed by atoms with Crippen molar-refractivity contribution in [2.75, 3.05) is 0 Å². The number of nitro groups is 1. The molecule has 0 saturated heterocycles. The second-order valence-corrected chi connectivity index (χ2v) is 5.35. The molecule has 0 heterocycles. The van der Waals surface area contributed by atoms with Gasteiger partial charge in [0.2, 0.25) is 0 Å². The van der Waals surface area contributed by atoms with Gasteiger partial charge >= 0.3 is 0 Å². The molecule has 1 aromatic carbocycles. The van der Waals surface area contributed by atoms with Crippen LogP contribution in [-0.2, 0) is 6.42 Å². The summed E-state index contributed by atoms with van der Waals surface area (Å²) in [4.78, 5) is 10.6. The molecule has 1 radical (unpaired) electrons. The van der Waals surface area contributed by atoms with Crippen LogP contribution >= 0.6 is 0 Å². The predicted molar refractivity (Wildman–Crippen MR) is 83.0 cm³/mol. The van der Waals surface area contributed by atoms with Crippen LogP contribution < -0.4 is 0 Å². The summed E-state index contributed by atoms with van der Waals surface area (Å²) in [5.74, 6) is 0. The van der Waals surface area contributed by atoms with E-state index in [1.54, 1.807) is 6.07 Å². The van der Waals surface area contributed by atoms with Crippen molar-refractivity contribution in [2.24, 2.45) is 0 Å². The Morgan fingerprint density at radius 3 is 2.38 bits per heavy atom. The van der Waals surface area contributed by atoms with Gasteiger partial charge in [0.1, 0.15) is 6.07 Å². The van der Waals surface area contributed by atoms with Crippen LogP contribution in [-0.4, -0.2) is 4.92 Å². The first-order valence-electron chi connectivity index (χ1n) is 7.78. The number of rotatable bonds is 10. The normalized spacial score (nSPS) is 10.3. The van der Waals surface area contributed by atoms with Gasteiger partial charge in [0.05, 0.1) is 10.5 Å². The first kappa shape index (κ1) is 17.2. The molecule has 0 unspecified atom stereocenters. The molecule has 4 nitrogen and oxygen atoms in total. The average Bonchev–Trinajstić information content (AvgIpc) is 2.49. The highest BCUT2D eigenvalue weighted by atomic mass is 16.6. The first-order chi connectivity index (χ1) is 10.2. The molecule has 4 heteroatoms. The molecule has 0 saturated carbocycles. The highest BCUT2D eigenvalue weighted by Crippen LogP contribution is 2.22. The van der Waals surface area contributed by atoms with Crippen molar-refractivity contribution in [3.05, 3.63) is 39.4 Å². The number of hydrogen-bond donors (Lipinski definition) is 0. The van der Waals surface area contributed by atoms with Crippen LogP contribution in [0, 0.1) is 27.5 Å². The third-order valence-electron chi connectivity index (χ3n) is 3.63. The summed E-state index contributed by atoms with van der Waals surface area (Å²) < 4.78 is 0. The van der Waals surface area contributed by atoms with Crippen LogP contribution in [0.5, 0.6) is 0 Å². The lowest BCUT2D eigenvalue weighted by Gasteiger charge is -2.04. The standard InChI is InChI=1S/C17H23N2O2/c1-2-3-4-5-6-7-8-9-10-16-12-11-15(14-18)13-17(16)19(20)21/h12-13H,2-10H2,1H3. The number of nitrogens with zero attached hydrogens (tertiary/aromatic N) is 2. The topological polar surface area (TPSA) is 66.9 Å². The van der Waals surface area contributed by atoms with E-state index in [1.807, 2.05) is 6.07 Å². The van der Waals surface area contributed by atoms with E-state index in [1.165, 1.54) is 44.6 Å². The maximum Gasteiger partial charge on any atom is 0.273 e. The van der Waals surface area contributed by atoms with Gasteiger partial charge in [0.25, 0.3) is 5.69 Å².